The van der Waals surface area contributed by atoms with Gasteiger partial charge in [-0.2, -0.15) is 0 Å². The van der Waals surface area contributed by atoms with Crippen LogP contribution in [0.2, 0.25) is 0 Å². The minimum absolute atomic E-state index is 0.0506. The molecule has 0 aliphatic carbocycles. The number of hydrogen-bond acceptors (Lipinski definition) is 3. The first-order chi connectivity index (χ1) is 7.45. The standard InChI is InChI=1S/C11H13NO4/c1-7(14)12(2)10-4-8(6-13)3-9(5-10)11(15)16/h3-5,13H,6H2,1-2H3,(H,15,16). The smallest absolute Gasteiger partial charge is 0.335 e. The largest absolute Gasteiger partial charge is 0.478 e. The molecule has 1 aromatic carbocycles. The van der Waals surface area contributed by atoms with Crippen molar-refractivity contribution in [1.82, 2.24) is 0 Å². The van der Waals surface area contributed by atoms with E-state index < -0.39 is 5.97 Å². The Morgan fingerprint density at radius 1 is 1.31 bits per heavy atom. The van der Waals surface area contributed by atoms with Gasteiger partial charge in [-0.25, -0.2) is 4.79 Å². The van der Waals surface area contributed by atoms with Gasteiger partial charge in [0.15, 0.2) is 0 Å². The third kappa shape index (κ3) is 2.58. The Kier molecular flexibility index (Phi) is 3.63. The van der Waals surface area contributed by atoms with Crippen LogP contribution in [0.15, 0.2) is 18.2 Å². The monoisotopic (exact) mass is 223 g/mol. The van der Waals surface area contributed by atoms with Gasteiger partial charge in [0, 0.05) is 19.7 Å². The van der Waals surface area contributed by atoms with Crippen LogP contribution in [0.1, 0.15) is 22.8 Å². The number of rotatable bonds is 3. The first-order valence-corrected chi connectivity index (χ1v) is 4.68. The minimum Gasteiger partial charge on any atom is -0.478 e. The highest BCUT2D eigenvalue weighted by molar-refractivity contribution is 5.94. The van der Waals surface area contributed by atoms with Crippen LogP contribution in [0.3, 0.4) is 0 Å². The van der Waals surface area contributed by atoms with Gasteiger partial charge in [-0.05, 0) is 23.8 Å². The second kappa shape index (κ2) is 4.76. The van der Waals surface area contributed by atoms with Gasteiger partial charge >= 0.3 is 5.97 Å². The van der Waals surface area contributed by atoms with Crippen molar-refractivity contribution < 1.29 is 19.8 Å². The Balaban J connectivity index is 3.23. The molecule has 1 rings (SSSR count). The third-order valence-electron chi connectivity index (χ3n) is 2.27. The van der Waals surface area contributed by atoms with E-state index in [1.165, 1.54) is 24.0 Å². The maximum atomic E-state index is 11.1. The summed E-state index contributed by atoms with van der Waals surface area (Å²) in [5, 5.41) is 17.9. The number of carbonyl (C=O) groups is 2. The molecular weight excluding hydrogens is 210 g/mol. The fraction of sp³-hybridized carbons (Fsp3) is 0.273. The van der Waals surface area contributed by atoms with Crippen molar-refractivity contribution in [3.8, 4) is 0 Å². The molecule has 0 bridgehead atoms. The summed E-state index contributed by atoms with van der Waals surface area (Å²) >= 11 is 0. The summed E-state index contributed by atoms with van der Waals surface area (Å²) in [6, 6.07) is 4.34. The second-order valence-electron chi connectivity index (χ2n) is 3.43. The van der Waals surface area contributed by atoms with Crippen LogP contribution < -0.4 is 4.90 Å². The van der Waals surface area contributed by atoms with Crippen LogP contribution >= 0.6 is 0 Å². The van der Waals surface area contributed by atoms with Crippen molar-refractivity contribution in [2.75, 3.05) is 11.9 Å². The summed E-state index contributed by atoms with van der Waals surface area (Å²) in [7, 11) is 1.55. The lowest BCUT2D eigenvalue weighted by Crippen LogP contribution is -2.23. The van der Waals surface area contributed by atoms with Crippen LogP contribution in [0.25, 0.3) is 0 Å². The molecule has 0 aromatic heterocycles. The second-order valence-corrected chi connectivity index (χ2v) is 3.43. The van der Waals surface area contributed by atoms with Gasteiger partial charge in [-0.1, -0.05) is 0 Å². The highest BCUT2D eigenvalue weighted by Crippen LogP contribution is 2.18. The number of anilines is 1. The van der Waals surface area contributed by atoms with Crippen molar-refractivity contribution in [3.63, 3.8) is 0 Å². The van der Waals surface area contributed by atoms with Crippen LogP contribution in [-0.2, 0) is 11.4 Å². The Morgan fingerprint density at radius 3 is 2.38 bits per heavy atom. The van der Waals surface area contributed by atoms with E-state index >= 15 is 0 Å². The number of aliphatic hydroxyl groups is 1. The molecule has 5 heteroatoms. The summed E-state index contributed by atoms with van der Waals surface area (Å²) in [5.74, 6) is -1.29. The van der Waals surface area contributed by atoms with E-state index in [1.807, 2.05) is 0 Å². The Morgan fingerprint density at radius 2 is 1.94 bits per heavy atom. The van der Waals surface area contributed by atoms with Gasteiger partial charge in [0.1, 0.15) is 0 Å². The van der Waals surface area contributed by atoms with E-state index in [2.05, 4.69) is 0 Å². The molecule has 0 atom stereocenters. The van der Waals surface area contributed by atoms with Gasteiger partial charge in [-0.15, -0.1) is 0 Å². The zero-order valence-corrected chi connectivity index (χ0v) is 9.10. The molecule has 1 aromatic rings. The number of nitrogens with zero attached hydrogens (tertiary/aromatic N) is 1. The van der Waals surface area contributed by atoms with Crippen molar-refractivity contribution in [2.45, 2.75) is 13.5 Å². The molecule has 0 spiro atoms. The summed E-state index contributed by atoms with van der Waals surface area (Å²) in [5.41, 5.74) is 0.967. The lowest BCUT2D eigenvalue weighted by Gasteiger charge is -2.16. The van der Waals surface area contributed by atoms with E-state index in [9.17, 15) is 9.59 Å². The molecule has 0 heterocycles. The van der Waals surface area contributed by atoms with Crippen molar-refractivity contribution in [2.24, 2.45) is 0 Å². The number of carboxylic acid groups (broad SMARTS) is 1. The van der Waals surface area contributed by atoms with Gasteiger partial charge < -0.3 is 15.1 Å². The van der Waals surface area contributed by atoms with E-state index in [0.29, 0.717) is 11.3 Å². The Labute approximate surface area is 92.9 Å². The molecule has 0 saturated heterocycles. The molecule has 0 unspecified atom stereocenters. The van der Waals surface area contributed by atoms with E-state index in [0.717, 1.165) is 0 Å². The summed E-state index contributed by atoms with van der Waals surface area (Å²) in [6.07, 6.45) is 0. The zero-order valence-electron chi connectivity index (χ0n) is 9.10. The quantitative estimate of drug-likeness (QED) is 0.796. The first kappa shape index (κ1) is 12.2. The molecule has 5 nitrogen and oxygen atoms in total. The minimum atomic E-state index is -1.09. The predicted molar refractivity (Wildman–Crippen MR) is 58.4 cm³/mol. The Bertz CT molecular complexity index is 428. The van der Waals surface area contributed by atoms with Crippen LogP contribution in [0, 0.1) is 0 Å². The topological polar surface area (TPSA) is 77.8 Å². The number of amides is 1. The van der Waals surface area contributed by atoms with Crippen LogP contribution in [0.5, 0.6) is 0 Å². The lowest BCUT2D eigenvalue weighted by atomic mass is 10.1. The van der Waals surface area contributed by atoms with Crippen molar-refractivity contribution in [1.29, 1.82) is 0 Å². The van der Waals surface area contributed by atoms with Crippen LogP contribution in [0.4, 0.5) is 5.69 Å². The summed E-state index contributed by atoms with van der Waals surface area (Å²) in [6.45, 7) is 1.12. The maximum absolute atomic E-state index is 11.1. The molecule has 2 N–H and O–H groups in total. The molecule has 0 radical (unpaired) electrons. The Hall–Kier alpha value is -1.88. The normalized spacial score (nSPS) is 9.94. The van der Waals surface area contributed by atoms with Gasteiger partial charge in [0.05, 0.1) is 12.2 Å². The highest BCUT2D eigenvalue weighted by Gasteiger charge is 2.11. The molecule has 0 aliphatic rings. The van der Waals surface area contributed by atoms with Gasteiger partial charge in [0.2, 0.25) is 5.91 Å². The van der Waals surface area contributed by atoms with Crippen LogP contribution in [-0.4, -0.2) is 29.1 Å². The average molecular weight is 223 g/mol. The zero-order chi connectivity index (χ0) is 12.3. The number of carboxylic acids is 1. The SMILES string of the molecule is CC(=O)N(C)c1cc(CO)cc(C(=O)O)c1. The highest BCUT2D eigenvalue weighted by atomic mass is 16.4. The number of aromatic carboxylic acids is 1. The summed E-state index contributed by atoms with van der Waals surface area (Å²) in [4.78, 5) is 23.3. The number of carbonyl (C=O) groups excluding carboxylic acids is 1. The van der Waals surface area contributed by atoms with E-state index in [-0.39, 0.29) is 18.1 Å². The molecule has 1 amide bonds. The molecule has 0 saturated carbocycles. The maximum Gasteiger partial charge on any atom is 0.335 e. The fourth-order valence-corrected chi connectivity index (χ4v) is 1.26. The summed E-state index contributed by atoms with van der Waals surface area (Å²) < 4.78 is 0. The number of hydrogen-bond donors (Lipinski definition) is 2. The average Bonchev–Trinajstić information content (AvgIpc) is 2.27. The first-order valence-electron chi connectivity index (χ1n) is 4.68. The van der Waals surface area contributed by atoms with E-state index in [4.69, 9.17) is 10.2 Å². The van der Waals surface area contributed by atoms with E-state index in [1.54, 1.807) is 13.1 Å². The van der Waals surface area contributed by atoms with Crippen molar-refractivity contribution >= 4 is 17.6 Å². The molecule has 0 fully saturated rings. The van der Waals surface area contributed by atoms with Gasteiger partial charge in [0.25, 0.3) is 0 Å². The number of benzene rings is 1. The third-order valence-corrected chi connectivity index (χ3v) is 2.27. The number of aliphatic hydroxyl groups excluding tert-OH is 1. The molecular formula is C11H13NO4. The molecule has 86 valence electrons. The fourth-order valence-electron chi connectivity index (χ4n) is 1.26. The van der Waals surface area contributed by atoms with Gasteiger partial charge in [-0.3, -0.25) is 4.79 Å². The molecule has 16 heavy (non-hydrogen) atoms. The molecule has 0 aliphatic heterocycles. The van der Waals surface area contributed by atoms with Crippen molar-refractivity contribution in [3.05, 3.63) is 29.3 Å². The predicted octanol–water partition coefficient (Wildman–Crippen LogP) is 0.860. The lowest BCUT2D eigenvalue weighted by molar-refractivity contribution is -0.116.